The number of carbonyl (C=O) groups is 1. The van der Waals surface area contributed by atoms with E-state index in [4.69, 9.17) is 5.11 Å². The number of hydrogen-bond acceptors (Lipinski definition) is 2. The zero-order valence-corrected chi connectivity index (χ0v) is 7.90. The van der Waals surface area contributed by atoms with Crippen LogP contribution < -0.4 is 4.90 Å². The molecular formula is C8H13N3O2. The molecule has 0 spiro atoms. The molecule has 5 heteroatoms. The third-order valence-corrected chi connectivity index (χ3v) is 1.60. The van der Waals surface area contributed by atoms with Crippen LogP contribution in [0.25, 0.3) is 0 Å². The van der Waals surface area contributed by atoms with Crippen LogP contribution in [0.3, 0.4) is 0 Å². The molecule has 0 radical (unpaired) electrons. The van der Waals surface area contributed by atoms with Gasteiger partial charge in [-0.05, 0) is 20.8 Å². The second kappa shape index (κ2) is 3.08. The van der Waals surface area contributed by atoms with Crippen LogP contribution in [-0.2, 0) is 0 Å². The van der Waals surface area contributed by atoms with Crippen LogP contribution in [0.1, 0.15) is 20.8 Å². The Morgan fingerprint density at radius 3 is 2.54 bits per heavy atom. The van der Waals surface area contributed by atoms with Gasteiger partial charge < -0.3 is 5.11 Å². The molecule has 5 nitrogen and oxygen atoms in total. The molecule has 0 unspecified atom stereocenters. The van der Waals surface area contributed by atoms with Gasteiger partial charge >= 0.3 is 6.09 Å². The van der Waals surface area contributed by atoms with Crippen molar-refractivity contribution >= 4 is 11.8 Å². The van der Waals surface area contributed by atoms with Gasteiger partial charge in [0.1, 0.15) is 0 Å². The monoisotopic (exact) mass is 183 g/mol. The highest BCUT2D eigenvalue weighted by Gasteiger charge is 2.28. The number of nitrogens with one attached hydrogen (secondary N) is 1. The minimum atomic E-state index is -0.978. The van der Waals surface area contributed by atoms with Crippen LogP contribution in [0.4, 0.5) is 10.5 Å². The number of anilines is 1. The largest absolute Gasteiger partial charge is 0.465 e. The van der Waals surface area contributed by atoms with Crippen LogP contribution in [0.2, 0.25) is 0 Å². The zero-order valence-electron chi connectivity index (χ0n) is 7.90. The first-order valence-corrected chi connectivity index (χ1v) is 3.95. The normalized spacial score (nSPS) is 11.3. The summed E-state index contributed by atoms with van der Waals surface area (Å²) in [6.45, 7) is 5.48. The fraction of sp³-hybridized carbons (Fsp3) is 0.500. The second-order valence-electron chi connectivity index (χ2n) is 3.75. The molecule has 0 aliphatic heterocycles. The predicted molar refractivity (Wildman–Crippen MR) is 48.8 cm³/mol. The van der Waals surface area contributed by atoms with Crippen molar-refractivity contribution in [1.82, 2.24) is 10.2 Å². The first-order valence-electron chi connectivity index (χ1n) is 3.95. The summed E-state index contributed by atoms with van der Waals surface area (Å²) in [6, 6.07) is 0. The fourth-order valence-electron chi connectivity index (χ4n) is 1.15. The summed E-state index contributed by atoms with van der Waals surface area (Å²) in [7, 11) is 0. The van der Waals surface area contributed by atoms with E-state index in [2.05, 4.69) is 10.2 Å². The van der Waals surface area contributed by atoms with Gasteiger partial charge in [0.05, 0.1) is 11.9 Å². The molecule has 1 aromatic heterocycles. The molecule has 0 bridgehead atoms. The molecule has 13 heavy (non-hydrogen) atoms. The van der Waals surface area contributed by atoms with Gasteiger partial charge in [0.25, 0.3) is 0 Å². The molecule has 0 aliphatic rings. The molecule has 0 aromatic carbocycles. The van der Waals surface area contributed by atoms with Gasteiger partial charge in [0.2, 0.25) is 0 Å². The molecule has 1 rings (SSSR count). The molecule has 0 atom stereocenters. The topological polar surface area (TPSA) is 69.2 Å². The van der Waals surface area contributed by atoms with E-state index in [9.17, 15) is 4.79 Å². The van der Waals surface area contributed by atoms with Crippen molar-refractivity contribution in [2.45, 2.75) is 26.3 Å². The van der Waals surface area contributed by atoms with Crippen LogP contribution in [-0.4, -0.2) is 26.9 Å². The number of hydrogen-bond donors (Lipinski definition) is 2. The van der Waals surface area contributed by atoms with Gasteiger partial charge in [0, 0.05) is 11.7 Å². The molecule has 0 saturated heterocycles. The van der Waals surface area contributed by atoms with E-state index < -0.39 is 11.6 Å². The minimum absolute atomic E-state index is 0.463. The van der Waals surface area contributed by atoms with Gasteiger partial charge in [-0.25, -0.2) is 4.79 Å². The van der Waals surface area contributed by atoms with Gasteiger partial charge in [0.15, 0.2) is 0 Å². The smallest absolute Gasteiger partial charge is 0.412 e. The number of nitrogens with zero attached hydrogens (tertiary/aromatic N) is 2. The van der Waals surface area contributed by atoms with Crippen molar-refractivity contribution < 1.29 is 9.90 Å². The lowest BCUT2D eigenvalue weighted by atomic mass is 10.1. The van der Waals surface area contributed by atoms with Crippen molar-refractivity contribution in [3.8, 4) is 0 Å². The molecule has 72 valence electrons. The van der Waals surface area contributed by atoms with E-state index >= 15 is 0 Å². The van der Waals surface area contributed by atoms with Gasteiger partial charge in [-0.1, -0.05) is 0 Å². The van der Waals surface area contributed by atoms with Crippen molar-refractivity contribution in [3.05, 3.63) is 12.4 Å². The van der Waals surface area contributed by atoms with Crippen molar-refractivity contribution in [3.63, 3.8) is 0 Å². The lowest BCUT2D eigenvalue weighted by Crippen LogP contribution is -2.45. The number of carboxylic acid groups (broad SMARTS) is 1. The summed E-state index contributed by atoms with van der Waals surface area (Å²) in [6.07, 6.45) is 2.06. The number of aromatic nitrogens is 2. The van der Waals surface area contributed by atoms with E-state index in [0.717, 1.165) is 0 Å². The molecule has 1 aromatic rings. The van der Waals surface area contributed by atoms with E-state index in [1.807, 2.05) is 20.8 Å². The minimum Gasteiger partial charge on any atom is -0.465 e. The van der Waals surface area contributed by atoms with Crippen LogP contribution in [0.5, 0.6) is 0 Å². The highest BCUT2D eigenvalue weighted by molar-refractivity contribution is 5.87. The van der Waals surface area contributed by atoms with Crippen molar-refractivity contribution in [1.29, 1.82) is 0 Å². The van der Waals surface area contributed by atoms with Gasteiger partial charge in [-0.2, -0.15) is 5.10 Å². The van der Waals surface area contributed by atoms with Crippen LogP contribution >= 0.6 is 0 Å². The summed E-state index contributed by atoms with van der Waals surface area (Å²) >= 11 is 0. The Hall–Kier alpha value is -1.52. The molecule has 0 aliphatic carbocycles. The Balaban J connectivity index is 3.01. The summed E-state index contributed by atoms with van der Waals surface area (Å²) in [5.74, 6) is 0. The number of amides is 1. The summed E-state index contributed by atoms with van der Waals surface area (Å²) < 4.78 is 0. The maximum Gasteiger partial charge on any atom is 0.412 e. The third kappa shape index (κ3) is 1.99. The Morgan fingerprint density at radius 2 is 2.23 bits per heavy atom. The maximum atomic E-state index is 10.9. The lowest BCUT2D eigenvalue weighted by molar-refractivity contribution is 0.195. The molecule has 1 amide bonds. The lowest BCUT2D eigenvalue weighted by Gasteiger charge is -2.31. The molecular weight excluding hydrogens is 170 g/mol. The maximum absolute atomic E-state index is 10.9. The molecule has 1 heterocycles. The molecule has 2 N–H and O–H groups in total. The molecule has 0 saturated carbocycles. The second-order valence-corrected chi connectivity index (χ2v) is 3.75. The fourth-order valence-corrected chi connectivity index (χ4v) is 1.15. The SMILES string of the molecule is CC(C)(C)N(C(=O)O)c1cn[nH]c1. The number of aromatic amines is 1. The van der Waals surface area contributed by atoms with E-state index in [0.29, 0.717) is 5.69 Å². The quantitative estimate of drug-likeness (QED) is 0.696. The first kappa shape index (κ1) is 9.57. The van der Waals surface area contributed by atoms with Crippen LogP contribution in [0, 0.1) is 0 Å². The Bertz CT molecular complexity index is 287. The Kier molecular flexibility index (Phi) is 2.27. The average Bonchev–Trinajstić information content (AvgIpc) is 2.34. The Morgan fingerprint density at radius 1 is 1.62 bits per heavy atom. The van der Waals surface area contributed by atoms with Gasteiger partial charge in [-0.3, -0.25) is 10.00 Å². The van der Waals surface area contributed by atoms with Crippen molar-refractivity contribution in [2.75, 3.05) is 4.90 Å². The van der Waals surface area contributed by atoms with Crippen LogP contribution in [0.15, 0.2) is 12.4 Å². The standard InChI is InChI=1S/C8H13N3O2/c1-8(2,3)11(7(12)13)6-4-9-10-5-6/h4-5H,1-3H3,(H,9,10)(H,12,13). The molecule has 0 fully saturated rings. The predicted octanol–water partition coefficient (Wildman–Crippen LogP) is 1.69. The summed E-state index contributed by atoms with van der Waals surface area (Å²) in [5.41, 5.74) is 0.0930. The number of H-pyrrole nitrogens is 1. The average molecular weight is 183 g/mol. The zero-order chi connectivity index (χ0) is 10.1. The van der Waals surface area contributed by atoms with Gasteiger partial charge in [-0.15, -0.1) is 0 Å². The number of rotatable bonds is 1. The highest BCUT2D eigenvalue weighted by Crippen LogP contribution is 2.22. The van der Waals surface area contributed by atoms with E-state index in [1.165, 1.54) is 11.1 Å². The van der Waals surface area contributed by atoms with E-state index in [1.54, 1.807) is 6.20 Å². The summed E-state index contributed by atoms with van der Waals surface area (Å²) in [5, 5.41) is 15.3. The van der Waals surface area contributed by atoms with E-state index in [-0.39, 0.29) is 0 Å². The Labute approximate surface area is 76.4 Å². The summed E-state index contributed by atoms with van der Waals surface area (Å²) in [4.78, 5) is 12.2. The third-order valence-electron chi connectivity index (χ3n) is 1.60. The first-order chi connectivity index (χ1) is 5.93. The highest BCUT2D eigenvalue weighted by atomic mass is 16.4. The van der Waals surface area contributed by atoms with Crippen molar-refractivity contribution in [2.24, 2.45) is 0 Å².